The molecule has 0 aromatic heterocycles. The van der Waals surface area contributed by atoms with Gasteiger partial charge in [-0.15, -0.1) is 0 Å². The molecular weight excluding hydrogens is 373 g/mol. The van der Waals surface area contributed by atoms with Gasteiger partial charge in [0.25, 0.3) is 0 Å². The fraction of sp³-hybridized carbons (Fsp3) is 0.304. The molecular formula is C23H20FNO4. The van der Waals surface area contributed by atoms with E-state index in [0.717, 1.165) is 11.1 Å². The lowest BCUT2D eigenvalue weighted by molar-refractivity contribution is -0.155. The van der Waals surface area contributed by atoms with E-state index >= 15 is 0 Å². The van der Waals surface area contributed by atoms with Crippen molar-refractivity contribution in [2.45, 2.75) is 24.9 Å². The second-order valence-corrected chi connectivity index (χ2v) is 7.81. The van der Waals surface area contributed by atoms with E-state index in [0.29, 0.717) is 13.1 Å². The van der Waals surface area contributed by atoms with Gasteiger partial charge in [0.1, 0.15) is 23.9 Å². The molecule has 29 heavy (non-hydrogen) atoms. The van der Waals surface area contributed by atoms with Crippen molar-refractivity contribution < 1.29 is 23.5 Å². The van der Waals surface area contributed by atoms with Crippen molar-refractivity contribution in [3.05, 3.63) is 83.7 Å². The molecule has 1 spiro atoms. The number of carbonyl (C=O) groups is 2. The third kappa shape index (κ3) is 3.04. The number of hydrogen-bond donors (Lipinski definition) is 0. The molecule has 3 heterocycles. The standard InChI is InChI=1S/C23H20FNO4/c24-17-8-6-15(7-9-17)12-25-14-23-11-10-18(29-23)19(20(23)21(25)26)22(27)28-13-16-4-2-1-3-5-16/h1-11,18-20H,12-14H2/t18-,19+,20-,23+/m1/s1. The molecule has 0 N–H and O–H groups in total. The maximum absolute atomic E-state index is 13.2. The Morgan fingerprint density at radius 3 is 2.66 bits per heavy atom. The number of benzene rings is 2. The molecule has 2 bridgehead atoms. The van der Waals surface area contributed by atoms with E-state index in [4.69, 9.17) is 9.47 Å². The second-order valence-electron chi connectivity index (χ2n) is 7.81. The van der Waals surface area contributed by atoms with Crippen molar-refractivity contribution in [1.82, 2.24) is 4.90 Å². The number of ether oxygens (including phenoxy) is 2. The summed E-state index contributed by atoms with van der Waals surface area (Å²) in [6.45, 7) is 0.897. The Kier molecular flexibility index (Phi) is 4.24. The number of esters is 1. The molecule has 2 fully saturated rings. The third-order valence-electron chi connectivity index (χ3n) is 5.96. The number of amides is 1. The average Bonchev–Trinajstić information content (AvgIpc) is 3.37. The Labute approximate surface area is 167 Å². The summed E-state index contributed by atoms with van der Waals surface area (Å²) < 4.78 is 24.8. The first-order valence-corrected chi connectivity index (χ1v) is 9.67. The number of halogens is 1. The van der Waals surface area contributed by atoms with E-state index in [9.17, 15) is 14.0 Å². The molecule has 2 aromatic carbocycles. The van der Waals surface area contributed by atoms with Crippen LogP contribution in [0.15, 0.2) is 66.7 Å². The van der Waals surface area contributed by atoms with Crippen LogP contribution < -0.4 is 0 Å². The Bertz CT molecular complexity index is 974. The van der Waals surface area contributed by atoms with E-state index in [2.05, 4.69) is 0 Å². The van der Waals surface area contributed by atoms with Gasteiger partial charge in [-0.1, -0.05) is 54.6 Å². The zero-order chi connectivity index (χ0) is 20.0. The molecule has 4 atom stereocenters. The number of fused-ring (bicyclic) bond motifs is 1. The summed E-state index contributed by atoms with van der Waals surface area (Å²) in [5, 5.41) is 0. The van der Waals surface area contributed by atoms with E-state index in [-0.39, 0.29) is 18.3 Å². The quantitative estimate of drug-likeness (QED) is 0.579. The molecule has 0 radical (unpaired) electrons. The molecule has 5 nitrogen and oxygen atoms in total. The van der Waals surface area contributed by atoms with Crippen molar-refractivity contribution in [2.75, 3.05) is 6.54 Å². The Balaban J connectivity index is 1.32. The highest BCUT2D eigenvalue weighted by Crippen LogP contribution is 2.52. The van der Waals surface area contributed by atoms with Gasteiger partial charge in [-0.05, 0) is 23.3 Å². The summed E-state index contributed by atoms with van der Waals surface area (Å²) in [7, 11) is 0. The first kappa shape index (κ1) is 18.1. The highest BCUT2D eigenvalue weighted by molar-refractivity contribution is 5.91. The van der Waals surface area contributed by atoms with Crippen LogP contribution in [-0.2, 0) is 32.2 Å². The number of carbonyl (C=O) groups excluding carboxylic acids is 2. The second kappa shape index (κ2) is 6.81. The average molecular weight is 393 g/mol. The summed E-state index contributed by atoms with van der Waals surface area (Å²) >= 11 is 0. The minimum Gasteiger partial charge on any atom is -0.460 e. The molecule has 0 unspecified atom stereocenters. The Hall–Kier alpha value is -2.99. The molecule has 2 aromatic rings. The van der Waals surface area contributed by atoms with Gasteiger partial charge < -0.3 is 14.4 Å². The van der Waals surface area contributed by atoms with Crippen LogP contribution in [0.2, 0.25) is 0 Å². The molecule has 3 aliphatic rings. The minimum absolute atomic E-state index is 0.122. The lowest BCUT2D eigenvalue weighted by Crippen LogP contribution is -2.39. The number of hydrogen-bond acceptors (Lipinski definition) is 4. The van der Waals surface area contributed by atoms with E-state index < -0.39 is 29.5 Å². The molecule has 5 rings (SSSR count). The van der Waals surface area contributed by atoms with Gasteiger partial charge >= 0.3 is 5.97 Å². The maximum atomic E-state index is 13.2. The number of rotatable bonds is 5. The first-order valence-electron chi connectivity index (χ1n) is 9.67. The van der Waals surface area contributed by atoms with Crippen molar-refractivity contribution in [3.63, 3.8) is 0 Å². The van der Waals surface area contributed by atoms with E-state index in [1.165, 1.54) is 12.1 Å². The SMILES string of the molecule is O=C(OCc1ccccc1)[C@H]1[C@H]2C=C[C@@]3(CN(Cc4ccc(F)cc4)C(=O)[C@@H]13)O2. The zero-order valence-corrected chi connectivity index (χ0v) is 15.7. The number of nitrogens with zero attached hydrogens (tertiary/aromatic N) is 1. The van der Waals surface area contributed by atoms with Gasteiger partial charge in [-0.3, -0.25) is 9.59 Å². The molecule has 3 aliphatic heterocycles. The zero-order valence-electron chi connectivity index (χ0n) is 15.7. The van der Waals surface area contributed by atoms with Crippen LogP contribution in [0, 0.1) is 17.7 Å². The fourth-order valence-corrected chi connectivity index (χ4v) is 4.62. The summed E-state index contributed by atoms with van der Waals surface area (Å²) in [6, 6.07) is 15.5. The summed E-state index contributed by atoms with van der Waals surface area (Å²) in [4.78, 5) is 27.7. The van der Waals surface area contributed by atoms with Gasteiger partial charge in [0, 0.05) is 6.54 Å². The van der Waals surface area contributed by atoms with Gasteiger partial charge in [-0.25, -0.2) is 4.39 Å². The maximum Gasteiger partial charge on any atom is 0.313 e. The lowest BCUT2D eigenvalue weighted by Gasteiger charge is -2.22. The highest BCUT2D eigenvalue weighted by Gasteiger charge is 2.67. The summed E-state index contributed by atoms with van der Waals surface area (Å²) in [5.74, 6) is -2.08. The van der Waals surface area contributed by atoms with Crippen LogP contribution in [0.1, 0.15) is 11.1 Å². The molecule has 0 aliphatic carbocycles. The molecule has 148 valence electrons. The summed E-state index contributed by atoms with van der Waals surface area (Å²) in [6.07, 6.45) is 3.34. The van der Waals surface area contributed by atoms with Gasteiger partial charge in [0.2, 0.25) is 5.91 Å². The molecule has 0 saturated carbocycles. The van der Waals surface area contributed by atoms with Crippen molar-refractivity contribution in [1.29, 1.82) is 0 Å². The molecule has 2 saturated heterocycles. The largest absolute Gasteiger partial charge is 0.460 e. The minimum atomic E-state index is -0.780. The monoisotopic (exact) mass is 393 g/mol. The van der Waals surface area contributed by atoms with Crippen molar-refractivity contribution >= 4 is 11.9 Å². The van der Waals surface area contributed by atoms with Gasteiger partial charge in [-0.2, -0.15) is 0 Å². The van der Waals surface area contributed by atoms with Crippen molar-refractivity contribution in [2.24, 2.45) is 11.8 Å². The first-order chi connectivity index (χ1) is 14.1. The van der Waals surface area contributed by atoms with Crippen LogP contribution in [0.5, 0.6) is 0 Å². The fourth-order valence-electron chi connectivity index (χ4n) is 4.62. The predicted octanol–water partition coefficient (Wildman–Crippen LogP) is 2.85. The van der Waals surface area contributed by atoms with Crippen molar-refractivity contribution in [3.8, 4) is 0 Å². The van der Waals surface area contributed by atoms with E-state index in [1.807, 2.05) is 42.5 Å². The summed E-state index contributed by atoms with van der Waals surface area (Å²) in [5.41, 5.74) is 0.946. The molecule has 6 heteroatoms. The van der Waals surface area contributed by atoms with Gasteiger partial charge in [0.15, 0.2) is 0 Å². The molecule has 1 amide bonds. The van der Waals surface area contributed by atoms with Crippen LogP contribution in [0.4, 0.5) is 4.39 Å². The topological polar surface area (TPSA) is 55.8 Å². The predicted molar refractivity (Wildman–Crippen MR) is 102 cm³/mol. The van der Waals surface area contributed by atoms with Crippen LogP contribution in [0.3, 0.4) is 0 Å². The van der Waals surface area contributed by atoms with Crippen LogP contribution >= 0.6 is 0 Å². The third-order valence-corrected chi connectivity index (χ3v) is 5.96. The van der Waals surface area contributed by atoms with Crippen LogP contribution in [-0.4, -0.2) is 35.0 Å². The van der Waals surface area contributed by atoms with Crippen LogP contribution in [0.25, 0.3) is 0 Å². The smallest absolute Gasteiger partial charge is 0.313 e. The lowest BCUT2D eigenvalue weighted by atomic mass is 9.77. The highest BCUT2D eigenvalue weighted by atomic mass is 19.1. The number of likely N-dealkylation sites (tertiary alicyclic amines) is 1. The van der Waals surface area contributed by atoms with E-state index in [1.54, 1.807) is 17.0 Å². The normalized spacial score (nSPS) is 29.3. The Morgan fingerprint density at radius 2 is 1.90 bits per heavy atom. The van der Waals surface area contributed by atoms with Gasteiger partial charge in [0.05, 0.1) is 18.6 Å². The Morgan fingerprint density at radius 1 is 1.14 bits per heavy atom.